The summed E-state index contributed by atoms with van der Waals surface area (Å²) in [6.07, 6.45) is -1.69. The first-order valence-corrected chi connectivity index (χ1v) is 8.56. The number of ether oxygens (including phenoxy) is 4. The Bertz CT molecular complexity index is 507. The van der Waals surface area contributed by atoms with E-state index in [-0.39, 0.29) is 25.5 Å². The van der Waals surface area contributed by atoms with Crippen molar-refractivity contribution in [2.24, 2.45) is 0 Å². The lowest BCUT2D eigenvalue weighted by atomic mass is 9.99. The van der Waals surface area contributed by atoms with Gasteiger partial charge in [0.1, 0.15) is 18.8 Å². The lowest BCUT2D eigenvalue weighted by molar-refractivity contribution is -0.277. The molecule has 4 atom stereocenters. The van der Waals surface area contributed by atoms with Gasteiger partial charge >= 0.3 is 11.9 Å². The van der Waals surface area contributed by atoms with E-state index < -0.39 is 42.1 Å². The third-order valence-corrected chi connectivity index (χ3v) is 3.84. The molecule has 1 rings (SSSR count). The molecule has 9 nitrogen and oxygen atoms in total. The van der Waals surface area contributed by atoms with E-state index in [1.54, 1.807) is 13.8 Å². The van der Waals surface area contributed by atoms with Gasteiger partial charge in [0.25, 0.3) is 0 Å². The van der Waals surface area contributed by atoms with Crippen molar-refractivity contribution in [2.45, 2.75) is 77.6 Å². The summed E-state index contributed by atoms with van der Waals surface area (Å²) in [6.45, 7) is 7.29. The van der Waals surface area contributed by atoms with E-state index in [0.29, 0.717) is 6.42 Å². The van der Waals surface area contributed by atoms with Gasteiger partial charge in [-0.3, -0.25) is 14.4 Å². The monoisotopic (exact) mass is 375 g/mol. The van der Waals surface area contributed by atoms with Crippen LogP contribution in [0.5, 0.6) is 0 Å². The largest absolute Gasteiger partial charge is 0.463 e. The Kier molecular flexibility index (Phi) is 8.45. The van der Waals surface area contributed by atoms with Crippen LogP contribution in [0.15, 0.2) is 0 Å². The molecule has 0 saturated carbocycles. The van der Waals surface area contributed by atoms with Gasteiger partial charge in [-0.25, -0.2) is 0 Å². The average Bonchev–Trinajstić information content (AvgIpc) is 2.46. The first kappa shape index (κ1) is 22.3. The summed E-state index contributed by atoms with van der Waals surface area (Å²) in [5.74, 6) is -1.28. The summed E-state index contributed by atoms with van der Waals surface area (Å²) in [5, 5.41) is 11.9. The number of carbonyl (C=O) groups excluding carboxylic acids is 3. The molecule has 1 amide bonds. The zero-order chi connectivity index (χ0) is 19.9. The van der Waals surface area contributed by atoms with Gasteiger partial charge < -0.3 is 29.4 Å². The van der Waals surface area contributed by atoms with E-state index in [4.69, 9.17) is 18.9 Å². The Labute approximate surface area is 153 Å². The van der Waals surface area contributed by atoms with Gasteiger partial charge in [-0.1, -0.05) is 0 Å². The van der Waals surface area contributed by atoms with Crippen molar-refractivity contribution in [2.75, 3.05) is 13.2 Å². The van der Waals surface area contributed by atoms with E-state index >= 15 is 0 Å². The van der Waals surface area contributed by atoms with Crippen molar-refractivity contribution in [1.29, 1.82) is 0 Å². The van der Waals surface area contributed by atoms with E-state index in [1.165, 1.54) is 20.8 Å². The molecule has 9 heteroatoms. The van der Waals surface area contributed by atoms with E-state index in [9.17, 15) is 19.5 Å². The molecule has 0 aliphatic carbocycles. The molecule has 1 aliphatic heterocycles. The maximum Gasteiger partial charge on any atom is 0.302 e. The molecule has 1 heterocycles. The molecule has 0 aromatic carbocycles. The standard InChI is InChI=1S/C17H29NO8/c1-10(20)18-13-8-14(24-12(3)22)15(9-23-11(2)21)25-16(13)26-17(4,5)6-7-19/h13-16,19H,6-9H2,1-5H3,(H,18,20)/t13-,14-,15-,16?/m1/s1. The number of rotatable bonds is 8. The zero-order valence-electron chi connectivity index (χ0n) is 15.9. The van der Waals surface area contributed by atoms with Gasteiger partial charge in [0, 0.05) is 33.8 Å². The molecule has 0 radical (unpaired) electrons. The van der Waals surface area contributed by atoms with E-state index in [0.717, 1.165) is 0 Å². The molecule has 0 aromatic rings. The van der Waals surface area contributed by atoms with Crippen LogP contribution in [0.25, 0.3) is 0 Å². The Morgan fingerprint density at radius 3 is 2.35 bits per heavy atom. The normalized spacial score (nSPS) is 26.1. The lowest BCUT2D eigenvalue weighted by Crippen LogP contribution is -2.58. The molecule has 0 spiro atoms. The second kappa shape index (κ2) is 9.84. The lowest BCUT2D eigenvalue weighted by Gasteiger charge is -2.43. The smallest absolute Gasteiger partial charge is 0.302 e. The number of esters is 2. The Hall–Kier alpha value is -1.71. The fourth-order valence-corrected chi connectivity index (χ4v) is 2.69. The highest BCUT2D eigenvalue weighted by atomic mass is 16.7. The minimum atomic E-state index is -0.854. The van der Waals surface area contributed by atoms with Crippen LogP contribution in [0.4, 0.5) is 0 Å². The molecular weight excluding hydrogens is 346 g/mol. The number of hydrogen-bond acceptors (Lipinski definition) is 8. The van der Waals surface area contributed by atoms with Crippen molar-refractivity contribution >= 4 is 17.8 Å². The van der Waals surface area contributed by atoms with Crippen molar-refractivity contribution in [3.8, 4) is 0 Å². The number of nitrogens with one attached hydrogen (secondary N) is 1. The molecule has 1 fully saturated rings. The van der Waals surface area contributed by atoms with Crippen LogP contribution in [0.2, 0.25) is 0 Å². The first-order chi connectivity index (χ1) is 12.0. The molecule has 2 N–H and O–H groups in total. The summed E-state index contributed by atoms with van der Waals surface area (Å²) in [5.41, 5.74) is -0.712. The number of amides is 1. The molecule has 0 aromatic heterocycles. The number of aliphatic hydroxyl groups excluding tert-OH is 1. The fraction of sp³-hybridized carbons (Fsp3) is 0.824. The fourth-order valence-electron chi connectivity index (χ4n) is 2.69. The zero-order valence-corrected chi connectivity index (χ0v) is 15.9. The van der Waals surface area contributed by atoms with Crippen molar-refractivity contribution < 1.29 is 38.4 Å². The van der Waals surface area contributed by atoms with Gasteiger partial charge in [0.2, 0.25) is 5.91 Å². The Morgan fingerprint density at radius 1 is 1.19 bits per heavy atom. The number of carbonyl (C=O) groups is 3. The SMILES string of the molecule is CC(=O)N[C@@H]1C[C@@H](OC(C)=O)[C@@H](COC(C)=O)OC1OC(C)(C)CCO. The Morgan fingerprint density at radius 2 is 1.85 bits per heavy atom. The van der Waals surface area contributed by atoms with Gasteiger partial charge in [-0.15, -0.1) is 0 Å². The van der Waals surface area contributed by atoms with Crippen molar-refractivity contribution in [1.82, 2.24) is 5.32 Å². The molecular formula is C17H29NO8. The maximum atomic E-state index is 11.5. The van der Waals surface area contributed by atoms with Gasteiger partial charge in [-0.2, -0.15) is 0 Å². The van der Waals surface area contributed by atoms with Crippen LogP contribution >= 0.6 is 0 Å². The summed E-state index contributed by atoms with van der Waals surface area (Å²) >= 11 is 0. The summed E-state index contributed by atoms with van der Waals surface area (Å²) in [4.78, 5) is 34.0. The summed E-state index contributed by atoms with van der Waals surface area (Å²) in [7, 11) is 0. The predicted octanol–water partition coefficient (Wildman–Crippen LogP) is 0.279. The van der Waals surface area contributed by atoms with Gasteiger partial charge in [0.15, 0.2) is 6.29 Å². The molecule has 0 bridgehead atoms. The molecule has 1 saturated heterocycles. The third-order valence-electron chi connectivity index (χ3n) is 3.84. The summed E-state index contributed by atoms with van der Waals surface area (Å²) < 4.78 is 22.1. The number of hydrogen-bond donors (Lipinski definition) is 2. The van der Waals surface area contributed by atoms with Crippen molar-refractivity contribution in [3.63, 3.8) is 0 Å². The van der Waals surface area contributed by atoms with Crippen LogP contribution in [0, 0.1) is 0 Å². The van der Waals surface area contributed by atoms with E-state index in [1.807, 2.05) is 0 Å². The molecule has 1 unspecified atom stereocenters. The van der Waals surface area contributed by atoms with Crippen molar-refractivity contribution in [3.05, 3.63) is 0 Å². The van der Waals surface area contributed by atoms with Crippen LogP contribution in [0.1, 0.15) is 47.5 Å². The second-order valence-corrected chi connectivity index (χ2v) is 6.89. The first-order valence-electron chi connectivity index (χ1n) is 8.56. The topological polar surface area (TPSA) is 120 Å². The average molecular weight is 375 g/mol. The van der Waals surface area contributed by atoms with Gasteiger partial charge in [0.05, 0.1) is 11.6 Å². The molecule has 1 aliphatic rings. The van der Waals surface area contributed by atoms with Crippen LogP contribution in [-0.2, 0) is 33.3 Å². The minimum Gasteiger partial charge on any atom is -0.463 e. The maximum absolute atomic E-state index is 11.5. The van der Waals surface area contributed by atoms with E-state index in [2.05, 4.69) is 5.32 Å². The number of aliphatic hydroxyl groups is 1. The molecule has 26 heavy (non-hydrogen) atoms. The van der Waals surface area contributed by atoms with Crippen LogP contribution in [0.3, 0.4) is 0 Å². The van der Waals surface area contributed by atoms with Crippen LogP contribution < -0.4 is 5.32 Å². The second-order valence-electron chi connectivity index (χ2n) is 6.89. The highest BCUT2D eigenvalue weighted by Gasteiger charge is 2.43. The highest BCUT2D eigenvalue weighted by Crippen LogP contribution is 2.28. The summed E-state index contributed by atoms with van der Waals surface area (Å²) in [6, 6.07) is -0.566. The third kappa shape index (κ3) is 7.67. The predicted molar refractivity (Wildman–Crippen MR) is 89.9 cm³/mol. The van der Waals surface area contributed by atoms with Crippen LogP contribution in [-0.4, -0.2) is 66.3 Å². The van der Waals surface area contributed by atoms with Gasteiger partial charge in [-0.05, 0) is 20.3 Å². The molecule has 150 valence electrons. The highest BCUT2D eigenvalue weighted by molar-refractivity contribution is 5.73. The Balaban J connectivity index is 2.97. The quantitative estimate of drug-likeness (QED) is 0.580. The minimum absolute atomic E-state index is 0.0720.